The van der Waals surface area contributed by atoms with Gasteiger partial charge in [0.15, 0.2) is 0 Å². The summed E-state index contributed by atoms with van der Waals surface area (Å²) in [6.45, 7) is 8.24. The molecule has 0 atom stereocenters. The first-order valence-electron chi connectivity index (χ1n) is 12.8. The van der Waals surface area contributed by atoms with Gasteiger partial charge in [0.05, 0.1) is 28.4 Å². The lowest BCUT2D eigenvalue weighted by molar-refractivity contribution is 0.0223. The Hall–Kier alpha value is -3.79. The largest absolute Gasteiger partial charge is 0.496 e. The van der Waals surface area contributed by atoms with Crippen molar-refractivity contribution < 1.29 is 38.1 Å². The number of hydrogen-bond acceptors (Lipinski definition) is 9. The Morgan fingerprint density at radius 2 is 1.31 bits per heavy atom. The van der Waals surface area contributed by atoms with E-state index in [9.17, 15) is 14.4 Å². The summed E-state index contributed by atoms with van der Waals surface area (Å²) >= 11 is 0. The predicted molar refractivity (Wildman–Crippen MR) is 144 cm³/mol. The Balaban J connectivity index is 0.000000230. The van der Waals surface area contributed by atoms with E-state index in [0.717, 1.165) is 36.2 Å². The highest BCUT2D eigenvalue weighted by atomic mass is 16.6. The van der Waals surface area contributed by atoms with Gasteiger partial charge in [-0.3, -0.25) is 0 Å². The van der Waals surface area contributed by atoms with Crippen LogP contribution in [0.1, 0.15) is 63.7 Å². The minimum absolute atomic E-state index is 0.349. The molecule has 4 rings (SSSR count). The number of fused-ring (bicyclic) bond motifs is 2. The van der Waals surface area contributed by atoms with Gasteiger partial charge in [-0.1, -0.05) is 0 Å². The minimum atomic E-state index is -0.533. The Morgan fingerprint density at radius 1 is 0.769 bits per heavy atom. The number of nitrogens with one attached hydrogen (secondary N) is 1. The van der Waals surface area contributed by atoms with Crippen molar-refractivity contribution in [3.8, 4) is 11.5 Å². The zero-order chi connectivity index (χ0) is 28.7. The molecule has 0 aromatic heterocycles. The van der Waals surface area contributed by atoms with Crippen molar-refractivity contribution in [1.82, 2.24) is 10.2 Å². The number of esters is 2. The Bertz CT molecular complexity index is 1220. The molecule has 10 nitrogen and oxygen atoms in total. The average molecular weight is 543 g/mol. The van der Waals surface area contributed by atoms with Crippen LogP contribution >= 0.6 is 0 Å². The van der Waals surface area contributed by atoms with E-state index in [0.29, 0.717) is 42.1 Å². The van der Waals surface area contributed by atoms with Crippen molar-refractivity contribution in [3.63, 3.8) is 0 Å². The van der Waals surface area contributed by atoms with Crippen LogP contribution in [0, 0.1) is 0 Å². The molecule has 2 aliphatic heterocycles. The van der Waals surface area contributed by atoms with Crippen molar-refractivity contribution in [2.24, 2.45) is 0 Å². The zero-order valence-corrected chi connectivity index (χ0v) is 23.8. The molecule has 0 saturated carbocycles. The molecule has 1 N–H and O–H groups in total. The monoisotopic (exact) mass is 542 g/mol. The standard InChI is InChI=1S/C17H23NO5.C12H15NO3/c1-17(2,3)23-16(20)18-7-6-11-9-14(21-4)13(15(19)22-5)8-12(11)10-18;1-15-11-6-8-3-4-13-7-9(8)5-10(11)12(14)16-2/h8-9H,6-7,10H2,1-5H3;5-6,13H,3-4,7H2,1-2H3. The molecule has 0 unspecified atom stereocenters. The van der Waals surface area contributed by atoms with Crippen molar-refractivity contribution in [2.45, 2.75) is 52.3 Å². The quantitative estimate of drug-likeness (QED) is 0.454. The van der Waals surface area contributed by atoms with E-state index < -0.39 is 11.6 Å². The number of methoxy groups -OCH3 is 4. The fourth-order valence-corrected chi connectivity index (χ4v) is 4.46. The van der Waals surface area contributed by atoms with Crippen LogP contribution in [0.15, 0.2) is 24.3 Å². The van der Waals surface area contributed by atoms with Gasteiger partial charge in [0.2, 0.25) is 0 Å². The number of hydrogen-bond donors (Lipinski definition) is 1. The number of benzene rings is 2. The van der Waals surface area contributed by atoms with E-state index in [1.54, 1.807) is 18.1 Å². The first-order chi connectivity index (χ1) is 18.5. The fraction of sp³-hybridized carbons (Fsp3) is 0.483. The molecule has 39 heavy (non-hydrogen) atoms. The molecule has 2 aromatic carbocycles. The highest BCUT2D eigenvalue weighted by molar-refractivity contribution is 5.93. The summed E-state index contributed by atoms with van der Waals surface area (Å²) in [6, 6.07) is 7.36. The molecule has 0 aliphatic carbocycles. The van der Waals surface area contributed by atoms with Crippen molar-refractivity contribution in [1.29, 1.82) is 0 Å². The first-order valence-corrected chi connectivity index (χ1v) is 12.8. The van der Waals surface area contributed by atoms with E-state index in [-0.39, 0.29) is 12.1 Å². The molecule has 10 heteroatoms. The van der Waals surface area contributed by atoms with E-state index in [4.69, 9.17) is 23.7 Å². The molecule has 0 fully saturated rings. The third-order valence-electron chi connectivity index (χ3n) is 6.40. The number of ether oxygens (including phenoxy) is 5. The molecule has 0 bridgehead atoms. The van der Waals surface area contributed by atoms with E-state index in [1.165, 1.54) is 26.9 Å². The zero-order valence-electron chi connectivity index (χ0n) is 23.8. The Morgan fingerprint density at radius 3 is 1.82 bits per heavy atom. The van der Waals surface area contributed by atoms with Crippen LogP contribution in [0.4, 0.5) is 4.79 Å². The Labute approximate surface area is 229 Å². The van der Waals surface area contributed by atoms with Crippen LogP contribution in [0.5, 0.6) is 11.5 Å². The number of carbonyl (C=O) groups is 3. The maximum absolute atomic E-state index is 12.2. The van der Waals surface area contributed by atoms with Gasteiger partial charge in [0, 0.05) is 19.6 Å². The summed E-state index contributed by atoms with van der Waals surface area (Å²) in [7, 11) is 5.78. The molecule has 212 valence electrons. The summed E-state index contributed by atoms with van der Waals surface area (Å²) in [6.07, 6.45) is 1.30. The second kappa shape index (κ2) is 12.8. The van der Waals surface area contributed by atoms with Gasteiger partial charge < -0.3 is 33.9 Å². The number of carbonyl (C=O) groups excluding carboxylic acids is 3. The third kappa shape index (κ3) is 7.41. The van der Waals surface area contributed by atoms with Crippen LogP contribution in [0.25, 0.3) is 0 Å². The predicted octanol–water partition coefficient (Wildman–Crippen LogP) is 3.90. The topological polar surface area (TPSA) is 113 Å². The molecule has 1 amide bonds. The summed E-state index contributed by atoms with van der Waals surface area (Å²) in [5.41, 5.74) is 4.68. The van der Waals surface area contributed by atoms with Crippen molar-refractivity contribution >= 4 is 18.0 Å². The van der Waals surface area contributed by atoms with E-state index in [1.807, 2.05) is 39.0 Å². The molecular formula is C29H38N2O8. The summed E-state index contributed by atoms with van der Waals surface area (Å²) in [5.74, 6) is 0.262. The third-order valence-corrected chi connectivity index (χ3v) is 6.40. The van der Waals surface area contributed by atoms with Crippen LogP contribution < -0.4 is 14.8 Å². The highest BCUT2D eigenvalue weighted by Crippen LogP contribution is 2.29. The van der Waals surface area contributed by atoms with Crippen LogP contribution in [-0.4, -0.2) is 70.1 Å². The smallest absolute Gasteiger partial charge is 0.410 e. The maximum atomic E-state index is 12.2. The van der Waals surface area contributed by atoms with Gasteiger partial charge in [-0.25, -0.2) is 14.4 Å². The lowest BCUT2D eigenvalue weighted by Gasteiger charge is -2.31. The van der Waals surface area contributed by atoms with Gasteiger partial charge in [-0.2, -0.15) is 0 Å². The minimum Gasteiger partial charge on any atom is -0.496 e. The van der Waals surface area contributed by atoms with Crippen LogP contribution in [0.3, 0.4) is 0 Å². The summed E-state index contributed by atoms with van der Waals surface area (Å²) < 4.78 is 25.4. The molecule has 0 radical (unpaired) electrons. The summed E-state index contributed by atoms with van der Waals surface area (Å²) in [4.78, 5) is 37.3. The lowest BCUT2D eigenvalue weighted by atomic mass is 9.96. The summed E-state index contributed by atoms with van der Waals surface area (Å²) in [5, 5.41) is 3.27. The molecule has 0 spiro atoms. The van der Waals surface area contributed by atoms with Crippen LogP contribution in [-0.2, 0) is 40.1 Å². The highest BCUT2D eigenvalue weighted by Gasteiger charge is 2.27. The number of amides is 1. The SMILES string of the molecule is COC(=O)c1cc2c(cc1OC)CCN(C(=O)OC(C)(C)C)C2.COC(=O)c1cc2c(cc1OC)CCNC2. The normalized spacial score (nSPS) is 14.1. The Kier molecular flexibility index (Phi) is 9.80. The molecule has 2 heterocycles. The molecule has 2 aromatic rings. The first kappa shape index (κ1) is 29.8. The molecule has 0 saturated heterocycles. The number of nitrogens with zero attached hydrogens (tertiary/aromatic N) is 1. The van der Waals surface area contributed by atoms with Gasteiger partial charge in [0.25, 0.3) is 0 Å². The van der Waals surface area contributed by atoms with E-state index >= 15 is 0 Å². The maximum Gasteiger partial charge on any atom is 0.410 e. The van der Waals surface area contributed by atoms with Gasteiger partial charge in [-0.15, -0.1) is 0 Å². The van der Waals surface area contributed by atoms with E-state index in [2.05, 4.69) is 5.32 Å². The van der Waals surface area contributed by atoms with Crippen LogP contribution in [0.2, 0.25) is 0 Å². The fourth-order valence-electron chi connectivity index (χ4n) is 4.46. The second-order valence-corrected chi connectivity index (χ2v) is 10.2. The molecule has 2 aliphatic rings. The van der Waals surface area contributed by atoms with Crippen molar-refractivity contribution in [2.75, 3.05) is 41.5 Å². The number of rotatable bonds is 4. The second-order valence-electron chi connectivity index (χ2n) is 10.2. The van der Waals surface area contributed by atoms with Crippen molar-refractivity contribution in [3.05, 3.63) is 57.6 Å². The lowest BCUT2D eigenvalue weighted by Crippen LogP contribution is -2.40. The van der Waals surface area contributed by atoms with Gasteiger partial charge in [0.1, 0.15) is 28.2 Å². The average Bonchev–Trinajstić information content (AvgIpc) is 2.93. The molecular weight excluding hydrogens is 504 g/mol. The van der Waals surface area contributed by atoms with Gasteiger partial charge in [-0.05, 0) is 86.7 Å². The van der Waals surface area contributed by atoms with Gasteiger partial charge >= 0.3 is 18.0 Å².